The highest BCUT2D eigenvalue weighted by Crippen LogP contribution is 2.24. The molecule has 90 valence electrons. The number of rotatable bonds is 3. The molecule has 0 aliphatic heterocycles. The number of nitrogens with zero attached hydrogens (tertiary/aromatic N) is 2. The van der Waals surface area contributed by atoms with Gasteiger partial charge >= 0.3 is 0 Å². The van der Waals surface area contributed by atoms with Crippen LogP contribution < -0.4 is 5.32 Å². The number of hydrogen-bond acceptors (Lipinski definition) is 3. The van der Waals surface area contributed by atoms with Crippen molar-refractivity contribution in [3.8, 4) is 11.4 Å². The third-order valence-electron chi connectivity index (χ3n) is 2.42. The quantitative estimate of drug-likeness (QED) is 0.858. The van der Waals surface area contributed by atoms with Gasteiger partial charge in [-0.3, -0.25) is 10.1 Å². The monoisotopic (exact) mass is 234 g/mol. The van der Waals surface area contributed by atoms with Crippen molar-refractivity contribution in [3.63, 3.8) is 0 Å². The molecule has 0 aliphatic rings. The molecule has 0 radical (unpaired) electrons. The van der Waals surface area contributed by atoms with Crippen molar-refractivity contribution in [2.45, 2.75) is 26.8 Å². The van der Waals surface area contributed by atoms with Crippen molar-refractivity contribution in [3.05, 3.63) is 29.7 Å². The Labute approximate surface area is 99.3 Å². The number of aromatic nitrogens is 3. The highest BCUT2D eigenvalue weighted by atomic mass is 19.1. The van der Waals surface area contributed by atoms with Crippen LogP contribution in [0.15, 0.2) is 18.3 Å². The lowest BCUT2D eigenvalue weighted by Crippen LogP contribution is -2.10. The summed E-state index contributed by atoms with van der Waals surface area (Å²) in [5.74, 6) is 0.465. The molecule has 17 heavy (non-hydrogen) atoms. The van der Waals surface area contributed by atoms with Gasteiger partial charge in [-0.05, 0) is 32.9 Å². The molecule has 0 amide bonds. The zero-order valence-electron chi connectivity index (χ0n) is 10.1. The first-order valence-corrected chi connectivity index (χ1v) is 5.51. The van der Waals surface area contributed by atoms with Gasteiger partial charge in [-0.2, -0.15) is 5.10 Å². The summed E-state index contributed by atoms with van der Waals surface area (Å²) in [5.41, 5.74) is 2.49. The van der Waals surface area contributed by atoms with E-state index in [1.807, 2.05) is 20.8 Å². The zero-order chi connectivity index (χ0) is 12.4. The molecule has 0 saturated carbocycles. The predicted molar refractivity (Wildman–Crippen MR) is 65.3 cm³/mol. The van der Waals surface area contributed by atoms with E-state index in [4.69, 9.17) is 0 Å². The van der Waals surface area contributed by atoms with Gasteiger partial charge in [0.15, 0.2) is 5.82 Å². The smallest absolute Gasteiger partial charge is 0.151 e. The summed E-state index contributed by atoms with van der Waals surface area (Å²) < 4.78 is 12.8. The van der Waals surface area contributed by atoms with E-state index in [9.17, 15) is 4.39 Å². The largest absolute Gasteiger partial charge is 0.366 e. The van der Waals surface area contributed by atoms with E-state index in [-0.39, 0.29) is 5.82 Å². The first-order valence-electron chi connectivity index (χ1n) is 5.51. The Kier molecular flexibility index (Phi) is 3.08. The number of H-pyrrole nitrogens is 1. The van der Waals surface area contributed by atoms with Crippen molar-refractivity contribution in [1.29, 1.82) is 0 Å². The third kappa shape index (κ3) is 2.43. The number of pyridine rings is 1. The Hall–Kier alpha value is -1.91. The maximum absolute atomic E-state index is 12.8. The summed E-state index contributed by atoms with van der Waals surface area (Å²) in [4.78, 5) is 4.03. The second kappa shape index (κ2) is 4.53. The molecule has 0 aliphatic carbocycles. The highest BCUT2D eigenvalue weighted by molar-refractivity contribution is 5.65. The molecule has 2 N–H and O–H groups in total. The lowest BCUT2D eigenvalue weighted by atomic mass is 10.2. The van der Waals surface area contributed by atoms with Crippen LogP contribution in [0.3, 0.4) is 0 Å². The summed E-state index contributed by atoms with van der Waals surface area (Å²) in [6.07, 6.45) is 1.20. The molecule has 0 saturated heterocycles. The normalized spacial score (nSPS) is 10.9. The van der Waals surface area contributed by atoms with E-state index < -0.39 is 0 Å². The van der Waals surface area contributed by atoms with Gasteiger partial charge < -0.3 is 5.32 Å². The molecule has 0 spiro atoms. The van der Waals surface area contributed by atoms with Crippen molar-refractivity contribution in [2.75, 3.05) is 5.32 Å². The van der Waals surface area contributed by atoms with Crippen LogP contribution in [0.25, 0.3) is 11.4 Å². The van der Waals surface area contributed by atoms with E-state index in [2.05, 4.69) is 20.5 Å². The minimum absolute atomic E-state index is 0.311. The molecule has 2 rings (SSSR count). The van der Waals surface area contributed by atoms with Crippen molar-refractivity contribution in [1.82, 2.24) is 15.2 Å². The number of hydrogen-bond donors (Lipinski definition) is 2. The minimum atomic E-state index is -0.341. The lowest BCUT2D eigenvalue weighted by molar-refractivity contribution is 0.622. The summed E-state index contributed by atoms with van der Waals surface area (Å²) in [6.45, 7) is 6.04. The molecule has 2 aromatic heterocycles. The van der Waals surface area contributed by atoms with Crippen LogP contribution in [0.4, 0.5) is 10.2 Å². The van der Waals surface area contributed by atoms with Gasteiger partial charge in [-0.25, -0.2) is 4.39 Å². The zero-order valence-corrected chi connectivity index (χ0v) is 10.1. The average molecular weight is 234 g/mol. The molecular formula is C12H15FN4. The summed E-state index contributed by atoms with van der Waals surface area (Å²) >= 11 is 0. The van der Waals surface area contributed by atoms with E-state index >= 15 is 0 Å². The fourth-order valence-corrected chi connectivity index (χ4v) is 1.58. The molecule has 0 atom stereocenters. The Balaban J connectivity index is 2.33. The van der Waals surface area contributed by atoms with Gasteiger partial charge in [-0.1, -0.05) is 0 Å². The highest BCUT2D eigenvalue weighted by Gasteiger charge is 2.12. The number of aromatic amines is 1. The molecule has 0 unspecified atom stereocenters. The molecule has 4 nitrogen and oxygen atoms in total. The van der Waals surface area contributed by atoms with Gasteiger partial charge in [0.1, 0.15) is 5.82 Å². The van der Waals surface area contributed by atoms with E-state index in [0.717, 1.165) is 17.1 Å². The van der Waals surface area contributed by atoms with Crippen LogP contribution in [-0.2, 0) is 0 Å². The molecule has 0 bridgehead atoms. The van der Waals surface area contributed by atoms with Gasteiger partial charge in [0.05, 0.1) is 17.6 Å². The van der Waals surface area contributed by atoms with Crippen molar-refractivity contribution in [2.24, 2.45) is 0 Å². The van der Waals surface area contributed by atoms with E-state index in [0.29, 0.717) is 11.7 Å². The van der Waals surface area contributed by atoms with Crippen LogP contribution in [0.5, 0.6) is 0 Å². The maximum Gasteiger partial charge on any atom is 0.151 e. The Bertz CT molecular complexity index is 502. The molecule has 2 aromatic rings. The Morgan fingerprint density at radius 3 is 2.71 bits per heavy atom. The van der Waals surface area contributed by atoms with Gasteiger partial charge in [0.2, 0.25) is 0 Å². The number of nitrogens with one attached hydrogen (secondary N) is 2. The Morgan fingerprint density at radius 2 is 2.12 bits per heavy atom. The van der Waals surface area contributed by atoms with Crippen molar-refractivity contribution >= 4 is 5.82 Å². The third-order valence-corrected chi connectivity index (χ3v) is 2.42. The molecule has 0 aromatic carbocycles. The molecule has 2 heterocycles. The second-order valence-corrected chi connectivity index (χ2v) is 4.23. The number of anilines is 1. The fourth-order valence-electron chi connectivity index (χ4n) is 1.58. The van der Waals surface area contributed by atoms with Crippen molar-refractivity contribution < 1.29 is 4.39 Å². The summed E-state index contributed by atoms with van der Waals surface area (Å²) in [7, 11) is 0. The van der Waals surface area contributed by atoms with Gasteiger partial charge in [0, 0.05) is 11.6 Å². The predicted octanol–water partition coefficient (Wildman–Crippen LogP) is 2.74. The number of halogens is 1. The first kappa shape index (κ1) is 11.6. The second-order valence-electron chi connectivity index (χ2n) is 4.23. The lowest BCUT2D eigenvalue weighted by Gasteiger charge is -2.07. The maximum atomic E-state index is 12.8. The van der Waals surface area contributed by atoms with Crippen LogP contribution in [-0.4, -0.2) is 21.2 Å². The van der Waals surface area contributed by atoms with E-state index in [1.54, 1.807) is 6.07 Å². The Morgan fingerprint density at radius 1 is 1.35 bits per heavy atom. The average Bonchev–Trinajstić information content (AvgIpc) is 2.61. The van der Waals surface area contributed by atoms with Crippen LogP contribution >= 0.6 is 0 Å². The summed E-state index contributed by atoms with van der Waals surface area (Å²) in [6, 6.07) is 3.33. The first-order chi connectivity index (χ1) is 8.08. The van der Waals surface area contributed by atoms with Crippen LogP contribution in [0, 0.1) is 12.7 Å². The minimum Gasteiger partial charge on any atom is -0.366 e. The SMILES string of the molecule is Cc1c(NC(C)C)n[nH]c1-c1ccc(F)cn1. The standard InChI is InChI=1S/C12H15FN4/c1-7(2)15-12-8(3)11(16-17-12)10-5-4-9(13)6-14-10/h4-7H,1-3H3,(H2,15,16,17). The summed E-state index contributed by atoms with van der Waals surface area (Å²) in [5, 5.41) is 10.3. The molecule has 5 heteroatoms. The molecular weight excluding hydrogens is 219 g/mol. The molecule has 0 fully saturated rings. The topological polar surface area (TPSA) is 53.6 Å². The van der Waals surface area contributed by atoms with Crippen LogP contribution in [0.2, 0.25) is 0 Å². The van der Waals surface area contributed by atoms with Crippen LogP contribution in [0.1, 0.15) is 19.4 Å². The van der Waals surface area contributed by atoms with E-state index in [1.165, 1.54) is 12.3 Å². The van der Waals surface area contributed by atoms with Gasteiger partial charge in [0.25, 0.3) is 0 Å². The van der Waals surface area contributed by atoms with Gasteiger partial charge in [-0.15, -0.1) is 0 Å². The fraction of sp³-hybridized carbons (Fsp3) is 0.333.